The topological polar surface area (TPSA) is 210 Å². The number of aliphatic hydroxyl groups excluding tert-OH is 5. The molecule has 56 heavy (non-hydrogen) atoms. The first-order valence-corrected chi connectivity index (χ1v) is 23.1. The molecule has 0 aromatic carbocycles. The second-order valence-electron chi connectivity index (χ2n) is 15.2. The molecule has 6 N–H and O–H groups in total. The fraction of sp³-hybridized carbons (Fsp3) is 0.857. The number of carbonyl (C=O) groups is 2. The van der Waals surface area contributed by atoms with Gasteiger partial charge >= 0.3 is 19.8 Å². The minimum Gasteiger partial charge on any atom is -0.462 e. The summed E-state index contributed by atoms with van der Waals surface area (Å²) in [6.45, 7) is 3.23. The van der Waals surface area contributed by atoms with E-state index in [0.717, 1.165) is 57.8 Å². The highest BCUT2D eigenvalue weighted by Gasteiger charge is 2.51. The van der Waals surface area contributed by atoms with Gasteiger partial charge in [-0.2, -0.15) is 0 Å². The van der Waals surface area contributed by atoms with Crippen LogP contribution in [0.15, 0.2) is 24.3 Å². The average Bonchev–Trinajstić information content (AvgIpc) is 3.18. The van der Waals surface area contributed by atoms with Crippen LogP contribution in [0.1, 0.15) is 174 Å². The maximum absolute atomic E-state index is 12.8. The number of esters is 2. The lowest BCUT2D eigenvalue weighted by Crippen LogP contribution is -2.64. The average molecular weight is 821 g/mol. The van der Waals surface area contributed by atoms with E-state index in [0.29, 0.717) is 12.8 Å². The Morgan fingerprint density at radius 2 is 0.911 bits per heavy atom. The van der Waals surface area contributed by atoms with Crippen molar-refractivity contribution in [3.05, 3.63) is 24.3 Å². The molecular weight excluding hydrogens is 743 g/mol. The second kappa shape index (κ2) is 33.2. The fourth-order valence-electron chi connectivity index (χ4n) is 6.45. The maximum Gasteiger partial charge on any atom is 0.472 e. The molecule has 0 aromatic rings. The number of carbonyl (C=O) groups excluding carboxylic acids is 2. The summed E-state index contributed by atoms with van der Waals surface area (Å²) in [5.74, 6) is -1.13. The van der Waals surface area contributed by atoms with Crippen molar-refractivity contribution in [2.24, 2.45) is 0 Å². The zero-order valence-corrected chi connectivity index (χ0v) is 35.3. The number of unbranched alkanes of at least 4 members (excludes halogenated alkanes) is 19. The normalized spacial score (nSPS) is 23.1. The van der Waals surface area contributed by atoms with Crippen molar-refractivity contribution in [1.29, 1.82) is 0 Å². The van der Waals surface area contributed by atoms with E-state index in [1.54, 1.807) is 0 Å². The lowest BCUT2D eigenvalue weighted by molar-refractivity contribution is -0.220. The van der Waals surface area contributed by atoms with Gasteiger partial charge in [0.15, 0.2) is 6.10 Å². The van der Waals surface area contributed by atoms with E-state index in [4.69, 9.17) is 18.5 Å². The van der Waals surface area contributed by atoms with Gasteiger partial charge in [-0.3, -0.25) is 18.6 Å². The molecule has 328 valence electrons. The van der Waals surface area contributed by atoms with Gasteiger partial charge in [-0.1, -0.05) is 122 Å². The molecule has 0 aromatic heterocycles. The van der Waals surface area contributed by atoms with Gasteiger partial charge < -0.3 is 39.9 Å². The van der Waals surface area contributed by atoms with Crippen molar-refractivity contribution in [1.82, 2.24) is 0 Å². The molecule has 1 aliphatic carbocycles. The Balaban J connectivity index is 2.51. The molecule has 0 spiro atoms. The lowest BCUT2D eigenvalue weighted by atomic mass is 9.85. The van der Waals surface area contributed by atoms with Gasteiger partial charge in [-0.25, -0.2) is 4.57 Å². The highest BCUT2D eigenvalue weighted by molar-refractivity contribution is 7.47. The summed E-state index contributed by atoms with van der Waals surface area (Å²) in [6, 6.07) is 0. The van der Waals surface area contributed by atoms with Crippen LogP contribution in [0.2, 0.25) is 0 Å². The number of hydrogen-bond acceptors (Lipinski definition) is 12. The molecule has 1 rings (SSSR count). The molecule has 0 radical (unpaired) electrons. The van der Waals surface area contributed by atoms with Gasteiger partial charge in [-0.05, 0) is 64.2 Å². The lowest BCUT2D eigenvalue weighted by Gasteiger charge is -2.41. The van der Waals surface area contributed by atoms with Gasteiger partial charge in [0.1, 0.15) is 43.2 Å². The van der Waals surface area contributed by atoms with E-state index in [2.05, 4.69) is 38.2 Å². The molecule has 0 bridgehead atoms. The summed E-state index contributed by atoms with van der Waals surface area (Å²) < 4.78 is 33.4. The Labute approximate surface area is 336 Å². The number of hydrogen-bond donors (Lipinski definition) is 6. The SMILES string of the molecule is CCCCC/C=C/CCCCCCCC(=O)OC[C@H](COP(=O)(O)OC1C(O)C(O)C(O)[C@H](O)C1O)OC(=O)CCCC/C=C/CCCCCCCCCCC. The van der Waals surface area contributed by atoms with Crippen LogP contribution in [0.4, 0.5) is 0 Å². The van der Waals surface area contributed by atoms with Gasteiger partial charge in [0, 0.05) is 12.8 Å². The van der Waals surface area contributed by atoms with Crippen LogP contribution in [-0.2, 0) is 32.7 Å². The first kappa shape index (κ1) is 52.3. The summed E-state index contributed by atoms with van der Waals surface area (Å²) in [7, 11) is -5.12. The fourth-order valence-corrected chi connectivity index (χ4v) is 7.42. The molecule has 14 heteroatoms. The van der Waals surface area contributed by atoms with Gasteiger partial charge in [0.2, 0.25) is 0 Å². The van der Waals surface area contributed by atoms with E-state index >= 15 is 0 Å². The van der Waals surface area contributed by atoms with Crippen LogP contribution in [0, 0.1) is 0 Å². The van der Waals surface area contributed by atoms with E-state index in [-0.39, 0.29) is 12.8 Å². The van der Waals surface area contributed by atoms with Crippen molar-refractivity contribution in [3.63, 3.8) is 0 Å². The van der Waals surface area contributed by atoms with Gasteiger partial charge in [0.05, 0.1) is 6.61 Å². The third-order valence-electron chi connectivity index (χ3n) is 10.0. The van der Waals surface area contributed by atoms with E-state index in [1.807, 2.05) is 0 Å². The van der Waals surface area contributed by atoms with E-state index < -0.39 is 75.7 Å². The largest absolute Gasteiger partial charge is 0.472 e. The number of allylic oxidation sites excluding steroid dienone is 4. The highest BCUT2D eigenvalue weighted by Crippen LogP contribution is 2.47. The standard InChI is InChI=1S/C42H77O13P/c1-3-5-7-9-11-13-15-17-18-19-21-23-25-27-29-31-36(44)54-34(32-52-35(43)30-28-26-24-22-20-16-14-12-10-8-6-4-2)33-53-56(50,51)55-42-40(48)38(46)37(45)39(47)41(42)49/h12,14,21,23,34,37-42,45-49H,3-11,13,15-20,22,24-33H2,1-2H3,(H,50,51)/b14-12+,23-21+/t34-,37?,38+,39?,40?,41?,42?/m1/s1. The monoisotopic (exact) mass is 821 g/mol. The number of aliphatic hydroxyl groups is 5. The van der Waals surface area contributed by atoms with Crippen LogP contribution < -0.4 is 0 Å². The Bertz CT molecular complexity index is 1090. The highest BCUT2D eigenvalue weighted by atomic mass is 31.2. The molecule has 0 heterocycles. The Kier molecular flexibility index (Phi) is 31.0. The van der Waals surface area contributed by atoms with Crippen molar-refractivity contribution in [3.8, 4) is 0 Å². The minimum absolute atomic E-state index is 0.0665. The van der Waals surface area contributed by atoms with E-state index in [1.165, 1.54) is 77.0 Å². The molecule has 0 aliphatic heterocycles. The third-order valence-corrected chi connectivity index (χ3v) is 11.0. The van der Waals surface area contributed by atoms with Gasteiger partial charge in [-0.15, -0.1) is 0 Å². The Morgan fingerprint density at radius 3 is 1.43 bits per heavy atom. The second-order valence-corrected chi connectivity index (χ2v) is 16.6. The van der Waals surface area contributed by atoms with Crippen molar-refractivity contribution < 1.29 is 63.1 Å². The zero-order chi connectivity index (χ0) is 41.4. The number of phosphoric acid groups is 1. The molecule has 0 amide bonds. The first-order chi connectivity index (χ1) is 26.9. The summed E-state index contributed by atoms with van der Waals surface area (Å²) >= 11 is 0. The molecule has 8 atom stereocenters. The Hall–Kier alpha value is -1.67. The number of ether oxygens (including phenoxy) is 2. The van der Waals surface area contributed by atoms with Crippen LogP contribution in [0.25, 0.3) is 0 Å². The molecule has 1 saturated carbocycles. The maximum atomic E-state index is 12.8. The quantitative estimate of drug-likeness (QED) is 0.0157. The van der Waals surface area contributed by atoms with Crippen molar-refractivity contribution in [2.75, 3.05) is 13.2 Å². The number of phosphoric ester groups is 1. The zero-order valence-electron chi connectivity index (χ0n) is 34.4. The predicted octanol–water partition coefficient (Wildman–Crippen LogP) is 7.67. The molecule has 1 aliphatic rings. The summed E-state index contributed by atoms with van der Waals surface area (Å²) in [5.41, 5.74) is 0. The van der Waals surface area contributed by atoms with Crippen molar-refractivity contribution in [2.45, 2.75) is 217 Å². The van der Waals surface area contributed by atoms with Crippen LogP contribution in [0.5, 0.6) is 0 Å². The Morgan fingerprint density at radius 1 is 0.536 bits per heavy atom. The van der Waals surface area contributed by atoms with Crippen LogP contribution in [0.3, 0.4) is 0 Å². The number of rotatable bonds is 35. The van der Waals surface area contributed by atoms with E-state index in [9.17, 15) is 44.6 Å². The first-order valence-electron chi connectivity index (χ1n) is 21.6. The van der Waals surface area contributed by atoms with Crippen molar-refractivity contribution >= 4 is 19.8 Å². The molecule has 0 saturated heterocycles. The minimum atomic E-state index is -5.12. The molecular formula is C42H77O13P. The van der Waals surface area contributed by atoms with Crippen LogP contribution in [-0.4, -0.2) is 98.3 Å². The van der Waals surface area contributed by atoms with Gasteiger partial charge in [0.25, 0.3) is 0 Å². The summed E-state index contributed by atoms with van der Waals surface area (Å²) in [5, 5.41) is 50.0. The predicted molar refractivity (Wildman–Crippen MR) is 217 cm³/mol. The molecule has 1 fully saturated rings. The summed E-state index contributed by atoms with van der Waals surface area (Å²) in [4.78, 5) is 35.5. The smallest absolute Gasteiger partial charge is 0.462 e. The molecule has 13 nitrogen and oxygen atoms in total. The molecule has 6 unspecified atom stereocenters. The summed E-state index contributed by atoms with van der Waals surface area (Å²) in [6.07, 6.45) is 21.0. The third kappa shape index (κ3) is 25.6. The van der Waals surface area contributed by atoms with Crippen LogP contribution >= 0.6 is 7.82 Å².